The monoisotopic (exact) mass is 251 g/mol. The van der Waals surface area contributed by atoms with Crippen LogP contribution in [-0.2, 0) is 9.84 Å². The van der Waals surface area contributed by atoms with E-state index in [0.29, 0.717) is 25.7 Å². The minimum Gasteiger partial charge on any atom is -0.465 e. The van der Waals surface area contributed by atoms with Crippen molar-refractivity contribution in [3.8, 4) is 0 Å². The summed E-state index contributed by atoms with van der Waals surface area (Å²) in [6.07, 6.45) is 1.40. The first-order valence-corrected chi connectivity index (χ1v) is 7.06. The average Bonchev–Trinajstić information content (AvgIpc) is 2.14. The van der Waals surface area contributed by atoms with Crippen molar-refractivity contribution >= 4 is 15.9 Å². The van der Waals surface area contributed by atoms with Gasteiger partial charge in [0.05, 0.1) is 10.9 Å². The summed E-state index contributed by atoms with van der Waals surface area (Å²) in [7, 11) is -3.06. The van der Waals surface area contributed by atoms with Crippen LogP contribution in [0.3, 0.4) is 0 Å². The van der Waals surface area contributed by atoms with E-state index < -0.39 is 26.8 Å². The fourth-order valence-corrected chi connectivity index (χ4v) is 3.07. The van der Waals surface area contributed by atoms with Crippen LogP contribution in [0.4, 0.5) is 4.79 Å². The number of sulfone groups is 1. The fraction of sp³-hybridized carbons (Fsp3) is 0.889. The number of rotatable bonds is 3. The van der Waals surface area contributed by atoms with Gasteiger partial charge in [-0.3, -0.25) is 0 Å². The highest BCUT2D eigenvalue weighted by Crippen LogP contribution is 2.31. The lowest BCUT2D eigenvalue weighted by Crippen LogP contribution is -2.46. The van der Waals surface area contributed by atoms with Crippen molar-refractivity contribution in [2.24, 2.45) is 0 Å². The van der Waals surface area contributed by atoms with E-state index in [-0.39, 0.29) is 6.54 Å². The first-order valence-electron chi connectivity index (χ1n) is 5.11. The summed E-state index contributed by atoms with van der Waals surface area (Å²) in [5, 5.41) is 20.1. The average molecular weight is 251 g/mol. The molecule has 1 rings (SSSR count). The third-order valence-corrected chi connectivity index (χ3v) is 4.72. The Bertz CT molecular complexity index is 356. The van der Waals surface area contributed by atoms with Gasteiger partial charge >= 0.3 is 6.09 Å². The van der Waals surface area contributed by atoms with Crippen molar-refractivity contribution in [2.45, 2.75) is 36.5 Å². The molecule has 0 aliphatic heterocycles. The lowest BCUT2D eigenvalue weighted by atomic mass is 9.84. The molecule has 6 nitrogen and oxygen atoms in total. The van der Waals surface area contributed by atoms with Gasteiger partial charge in [0.15, 0.2) is 0 Å². The minimum atomic E-state index is -3.06. The molecule has 16 heavy (non-hydrogen) atoms. The molecule has 1 aliphatic rings. The predicted molar refractivity (Wildman–Crippen MR) is 58.1 cm³/mol. The lowest BCUT2D eigenvalue weighted by Gasteiger charge is -2.35. The quantitative estimate of drug-likeness (QED) is 0.653. The van der Waals surface area contributed by atoms with Crippen LogP contribution in [0.2, 0.25) is 0 Å². The van der Waals surface area contributed by atoms with Crippen molar-refractivity contribution in [3.05, 3.63) is 0 Å². The summed E-state index contributed by atoms with van der Waals surface area (Å²) in [4.78, 5) is 10.3. The molecule has 1 amide bonds. The van der Waals surface area contributed by atoms with Crippen LogP contribution in [0.15, 0.2) is 0 Å². The molecular formula is C9H17NO5S. The largest absolute Gasteiger partial charge is 0.465 e. The van der Waals surface area contributed by atoms with E-state index in [1.165, 1.54) is 6.26 Å². The molecule has 0 bridgehead atoms. The van der Waals surface area contributed by atoms with E-state index in [0.717, 1.165) is 0 Å². The van der Waals surface area contributed by atoms with Crippen LogP contribution in [0.25, 0.3) is 0 Å². The molecule has 0 aromatic rings. The number of hydrogen-bond acceptors (Lipinski definition) is 4. The molecule has 1 aliphatic carbocycles. The second kappa shape index (κ2) is 4.58. The second-order valence-electron chi connectivity index (χ2n) is 4.41. The molecule has 0 spiro atoms. The number of nitrogens with one attached hydrogen (secondary N) is 1. The molecule has 0 unspecified atom stereocenters. The van der Waals surface area contributed by atoms with Gasteiger partial charge in [-0.2, -0.15) is 0 Å². The molecule has 1 fully saturated rings. The summed E-state index contributed by atoms with van der Waals surface area (Å²) in [5.74, 6) is 0. The Morgan fingerprint density at radius 2 is 1.94 bits per heavy atom. The number of hydrogen-bond donors (Lipinski definition) is 3. The number of aliphatic hydroxyl groups is 1. The molecule has 0 heterocycles. The zero-order valence-electron chi connectivity index (χ0n) is 9.14. The molecule has 0 aromatic carbocycles. The predicted octanol–water partition coefficient (Wildman–Crippen LogP) is -0.0277. The highest BCUT2D eigenvalue weighted by molar-refractivity contribution is 7.91. The summed E-state index contributed by atoms with van der Waals surface area (Å²) in [5.41, 5.74) is -1.10. The van der Waals surface area contributed by atoms with Crippen LogP contribution < -0.4 is 5.32 Å². The molecule has 0 atom stereocenters. The van der Waals surface area contributed by atoms with Crippen molar-refractivity contribution in [3.63, 3.8) is 0 Å². The van der Waals surface area contributed by atoms with E-state index in [1.54, 1.807) is 0 Å². The van der Waals surface area contributed by atoms with Crippen LogP contribution in [0, 0.1) is 0 Å². The second-order valence-corrected chi connectivity index (χ2v) is 6.74. The first kappa shape index (κ1) is 13.2. The van der Waals surface area contributed by atoms with Gasteiger partial charge in [0, 0.05) is 12.8 Å². The SMILES string of the molecule is CS(=O)(=O)C1CCC(O)(CNC(=O)O)CC1. The van der Waals surface area contributed by atoms with Crippen molar-refractivity contribution in [2.75, 3.05) is 12.8 Å². The molecule has 0 saturated heterocycles. The maximum absolute atomic E-state index is 11.3. The molecule has 0 radical (unpaired) electrons. The topological polar surface area (TPSA) is 104 Å². The van der Waals surface area contributed by atoms with Gasteiger partial charge in [-0.15, -0.1) is 0 Å². The molecule has 7 heteroatoms. The molecule has 94 valence electrons. The summed E-state index contributed by atoms with van der Waals surface area (Å²) < 4.78 is 22.5. The molecule has 0 aromatic heterocycles. The first-order chi connectivity index (χ1) is 7.23. The molecule has 1 saturated carbocycles. The maximum Gasteiger partial charge on any atom is 0.404 e. The van der Waals surface area contributed by atoms with Gasteiger partial charge in [-0.25, -0.2) is 13.2 Å². The third-order valence-electron chi connectivity index (χ3n) is 3.04. The Kier molecular flexibility index (Phi) is 3.80. The Hall–Kier alpha value is -0.820. The van der Waals surface area contributed by atoms with Crippen molar-refractivity contribution < 1.29 is 23.4 Å². The minimum absolute atomic E-state index is 0.0428. The zero-order valence-corrected chi connectivity index (χ0v) is 9.96. The number of amides is 1. The van der Waals surface area contributed by atoms with Gasteiger partial charge in [-0.05, 0) is 25.7 Å². The van der Waals surface area contributed by atoms with Gasteiger partial charge < -0.3 is 15.5 Å². The Morgan fingerprint density at radius 1 is 1.44 bits per heavy atom. The summed E-state index contributed by atoms with van der Waals surface area (Å²) in [6, 6.07) is 0. The molecule has 3 N–H and O–H groups in total. The maximum atomic E-state index is 11.3. The van der Waals surface area contributed by atoms with Crippen molar-refractivity contribution in [1.29, 1.82) is 0 Å². The number of carboxylic acid groups (broad SMARTS) is 1. The summed E-state index contributed by atoms with van der Waals surface area (Å²) >= 11 is 0. The highest BCUT2D eigenvalue weighted by atomic mass is 32.2. The van der Waals surface area contributed by atoms with Gasteiger partial charge in [0.25, 0.3) is 0 Å². The Labute approximate surface area is 94.6 Å². The standard InChI is InChI=1S/C9H17NO5S/c1-16(14,15)7-2-4-9(13,5-3-7)6-10-8(11)12/h7,10,13H,2-6H2,1H3,(H,11,12). The van der Waals surface area contributed by atoms with E-state index >= 15 is 0 Å². The van der Waals surface area contributed by atoms with Gasteiger partial charge in [0.1, 0.15) is 9.84 Å². The van der Waals surface area contributed by atoms with Crippen LogP contribution in [-0.4, -0.2) is 48.4 Å². The highest BCUT2D eigenvalue weighted by Gasteiger charge is 2.36. The third kappa shape index (κ3) is 3.64. The van der Waals surface area contributed by atoms with E-state index in [9.17, 15) is 18.3 Å². The number of carbonyl (C=O) groups is 1. The Balaban J connectivity index is 2.50. The smallest absolute Gasteiger partial charge is 0.404 e. The normalized spacial score (nSPS) is 31.0. The van der Waals surface area contributed by atoms with Gasteiger partial charge in [0.2, 0.25) is 0 Å². The fourth-order valence-electron chi connectivity index (χ4n) is 1.97. The van der Waals surface area contributed by atoms with E-state index in [1.807, 2.05) is 0 Å². The van der Waals surface area contributed by atoms with E-state index in [4.69, 9.17) is 5.11 Å². The Morgan fingerprint density at radius 3 is 2.31 bits per heavy atom. The zero-order chi connectivity index (χ0) is 12.4. The van der Waals surface area contributed by atoms with Crippen molar-refractivity contribution in [1.82, 2.24) is 5.32 Å². The molecular weight excluding hydrogens is 234 g/mol. The van der Waals surface area contributed by atoms with E-state index in [2.05, 4.69) is 5.32 Å². The van der Waals surface area contributed by atoms with Crippen LogP contribution >= 0.6 is 0 Å². The lowest BCUT2D eigenvalue weighted by molar-refractivity contribution is 0.00654. The van der Waals surface area contributed by atoms with Crippen LogP contribution in [0.5, 0.6) is 0 Å². The summed E-state index contributed by atoms with van der Waals surface area (Å²) in [6.45, 7) is -0.0428. The van der Waals surface area contributed by atoms with Crippen LogP contribution in [0.1, 0.15) is 25.7 Å². The van der Waals surface area contributed by atoms with Gasteiger partial charge in [-0.1, -0.05) is 0 Å².